The van der Waals surface area contributed by atoms with Gasteiger partial charge in [-0.2, -0.15) is 0 Å². The van der Waals surface area contributed by atoms with Crippen molar-refractivity contribution in [2.45, 2.75) is 53.0 Å². The van der Waals surface area contributed by atoms with E-state index in [4.69, 9.17) is 0 Å². The molecule has 0 radical (unpaired) electrons. The maximum atomic E-state index is 4.55. The van der Waals surface area contributed by atoms with Gasteiger partial charge >= 0.3 is 0 Å². The maximum Gasteiger partial charge on any atom is 0.0449 e. The third-order valence-corrected chi connectivity index (χ3v) is 3.47. The summed E-state index contributed by atoms with van der Waals surface area (Å²) >= 11 is 3.47. The topological polar surface area (TPSA) is 24.9 Å². The Kier molecular flexibility index (Phi) is 6.87. The summed E-state index contributed by atoms with van der Waals surface area (Å²) in [5, 5.41) is 3.64. The fraction of sp³-hybridized carbons (Fsp3) is 0.667. The molecule has 0 bridgehead atoms. The molecule has 0 saturated carbocycles. The lowest BCUT2D eigenvalue weighted by atomic mass is 9.98. The van der Waals surface area contributed by atoms with Gasteiger partial charge in [0.15, 0.2) is 0 Å². The molecule has 1 aromatic rings. The molecule has 0 aliphatic rings. The molecule has 0 spiro atoms. The van der Waals surface area contributed by atoms with Crippen LogP contribution < -0.4 is 5.32 Å². The Balaban J connectivity index is 2.68. The van der Waals surface area contributed by atoms with Crippen molar-refractivity contribution in [3.8, 4) is 0 Å². The van der Waals surface area contributed by atoms with Gasteiger partial charge in [0.05, 0.1) is 0 Å². The number of nitrogens with one attached hydrogen (secondary N) is 1. The molecule has 0 aromatic carbocycles. The quantitative estimate of drug-likeness (QED) is 0.819. The highest BCUT2D eigenvalue weighted by Gasteiger charge is 2.13. The summed E-state index contributed by atoms with van der Waals surface area (Å²) in [5.41, 5.74) is 2.49. The molecule has 1 heterocycles. The molecule has 1 atom stereocenters. The van der Waals surface area contributed by atoms with Gasteiger partial charge in [0.1, 0.15) is 0 Å². The van der Waals surface area contributed by atoms with Crippen LogP contribution in [-0.4, -0.2) is 17.6 Å². The third-order valence-electron chi connectivity index (χ3n) is 3.03. The summed E-state index contributed by atoms with van der Waals surface area (Å²) < 4.78 is 1.06. The number of aryl methyl sites for hydroxylation is 1. The standard InChI is InChI=1S/C15H25BrN2/c1-5-6-17-14(7-11(2)3)9-15-12(4)8-13(16)10-18-15/h8,10-11,14,17H,5-7,9H2,1-4H3. The first kappa shape index (κ1) is 15.6. The monoisotopic (exact) mass is 312 g/mol. The lowest BCUT2D eigenvalue weighted by Crippen LogP contribution is -2.33. The average Bonchev–Trinajstić information content (AvgIpc) is 2.29. The lowest BCUT2D eigenvalue weighted by molar-refractivity contribution is 0.413. The van der Waals surface area contributed by atoms with Crippen molar-refractivity contribution in [1.82, 2.24) is 10.3 Å². The summed E-state index contributed by atoms with van der Waals surface area (Å²) in [4.78, 5) is 4.55. The highest BCUT2D eigenvalue weighted by molar-refractivity contribution is 9.10. The van der Waals surface area contributed by atoms with E-state index in [0.717, 1.165) is 23.4 Å². The maximum absolute atomic E-state index is 4.55. The first-order valence-corrected chi connectivity index (χ1v) is 7.66. The van der Waals surface area contributed by atoms with Crippen LogP contribution in [0.4, 0.5) is 0 Å². The third kappa shape index (κ3) is 5.49. The molecule has 0 fully saturated rings. The van der Waals surface area contributed by atoms with Crippen molar-refractivity contribution in [3.63, 3.8) is 0 Å². The summed E-state index contributed by atoms with van der Waals surface area (Å²) in [5.74, 6) is 0.718. The molecule has 1 N–H and O–H groups in total. The van der Waals surface area contributed by atoms with Crippen LogP contribution in [0.2, 0.25) is 0 Å². The van der Waals surface area contributed by atoms with Gasteiger partial charge in [0, 0.05) is 28.8 Å². The molecule has 3 heteroatoms. The van der Waals surface area contributed by atoms with Crippen LogP contribution >= 0.6 is 15.9 Å². The van der Waals surface area contributed by atoms with E-state index < -0.39 is 0 Å². The Morgan fingerprint density at radius 3 is 2.67 bits per heavy atom. The Bertz CT molecular complexity index is 364. The van der Waals surface area contributed by atoms with Crippen LogP contribution in [0.1, 0.15) is 44.9 Å². The van der Waals surface area contributed by atoms with E-state index in [-0.39, 0.29) is 0 Å². The Labute approximate surface area is 120 Å². The van der Waals surface area contributed by atoms with Crippen molar-refractivity contribution in [2.75, 3.05) is 6.54 Å². The van der Waals surface area contributed by atoms with E-state index in [1.807, 2.05) is 6.20 Å². The summed E-state index contributed by atoms with van der Waals surface area (Å²) in [7, 11) is 0. The predicted octanol–water partition coefficient (Wildman–Crippen LogP) is 4.11. The van der Waals surface area contributed by atoms with Gasteiger partial charge in [-0.25, -0.2) is 0 Å². The number of halogens is 1. The highest BCUT2D eigenvalue weighted by Crippen LogP contribution is 2.16. The molecule has 2 nitrogen and oxygen atoms in total. The fourth-order valence-corrected chi connectivity index (χ4v) is 2.62. The SMILES string of the molecule is CCCNC(Cc1ncc(Br)cc1C)CC(C)C. The molecule has 0 saturated heterocycles. The van der Waals surface area contributed by atoms with Crippen molar-refractivity contribution >= 4 is 15.9 Å². The molecule has 1 aromatic heterocycles. The van der Waals surface area contributed by atoms with Crippen LogP contribution in [0, 0.1) is 12.8 Å². The van der Waals surface area contributed by atoms with Gasteiger partial charge in [-0.05, 0) is 59.8 Å². The minimum atomic E-state index is 0.539. The molecular weight excluding hydrogens is 288 g/mol. The second kappa shape index (κ2) is 7.90. The molecule has 0 aliphatic heterocycles. The summed E-state index contributed by atoms with van der Waals surface area (Å²) in [6, 6.07) is 2.69. The Morgan fingerprint density at radius 1 is 1.39 bits per heavy atom. The zero-order valence-corrected chi connectivity index (χ0v) is 13.5. The predicted molar refractivity (Wildman–Crippen MR) is 81.9 cm³/mol. The summed E-state index contributed by atoms with van der Waals surface area (Å²) in [6.07, 6.45) is 5.31. The van der Waals surface area contributed by atoms with Gasteiger partial charge < -0.3 is 5.32 Å². The first-order chi connectivity index (χ1) is 8.52. The van der Waals surface area contributed by atoms with E-state index in [1.54, 1.807) is 0 Å². The molecule has 1 rings (SSSR count). The van der Waals surface area contributed by atoms with Crippen LogP contribution in [0.15, 0.2) is 16.7 Å². The van der Waals surface area contributed by atoms with E-state index in [2.05, 4.69) is 60.0 Å². The normalized spacial score (nSPS) is 13.0. The summed E-state index contributed by atoms with van der Waals surface area (Å²) in [6.45, 7) is 10.00. The molecule has 0 amide bonds. The largest absolute Gasteiger partial charge is 0.314 e. The molecule has 18 heavy (non-hydrogen) atoms. The lowest BCUT2D eigenvalue weighted by Gasteiger charge is -2.21. The van der Waals surface area contributed by atoms with Crippen molar-refractivity contribution in [1.29, 1.82) is 0 Å². The number of nitrogens with zero attached hydrogens (tertiary/aromatic N) is 1. The van der Waals surface area contributed by atoms with Gasteiger partial charge in [-0.1, -0.05) is 20.8 Å². The second-order valence-electron chi connectivity index (χ2n) is 5.40. The Morgan fingerprint density at radius 2 is 2.11 bits per heavy atom. The fourth-order valence-electron chi connectivity index (χ4n) is 2.17. The van der Waals surface area contributed by atoms with Gasteiger partial charge in [0.2, 0.25) is 0 Å². The minimum Gasteiger partial charge on any atom is -0.314 e. The van der Waals surface area contributed by atoms with Gasteiger partial charge in [0.25, 0.3) is 0 Å². The van der Waals surface area contributed by atoms with Crippen molar-refractivity contribution in [2.24, 2.45) is 5.92 Å². The zero-order valence-electron chi connectivity index (χ0n) is 12.0. The van der Waals surface area contributed by atoms with Crippen LogP contribution in [-0.2, 0) is 6.42 Å². The first-order valence-electron chi connectivity index (χ1n) is 6.87. The highest BCUT2D eigenvalue weighted by atomic mass is 79.9. The molecule has 0 aliphatic carbocycles. The number of pyridine rings is 1. The van der Waals surface area contributed by atoms with Crippen LogP contribution in [0.5, 0.6) is 0 Å². The molecular formula is C15H25BrN2. The average molecular weight is 313 g/mol. The van der Waals surface area contributed by atoms with E-state index in [0.29, 0.717) is 6.04 Å². The Hall–Kier alpha value is -0.410. The number of hydrogen-bond acceptors (Lipinski definition) is 2. The van der Waals surface area contributed by atoms with E-state index in [1.165, 1.54) is 24.1 Å². The van der Waals surface area contributed by atoms with Crippen LogP contribution in [0.25, 0.3) is 0 Å². The van der Waals surface area contributed by atoms with Crippen LogP contribution in [0.3, 0.4) is 0 Å². The minimum absolute atomic E-state index is 0.539. The molecule has 1 unspecified atom stereocenters. The van der Waals surface area contributed by atoms with E-state index >= 15 is 0 Å². The van der Waals surface area contributed by atoms with Crippen molar-refractivity contribution in [3.05, 3.63) is 28.0 Å². The van der Waals surface area contributed by atoms with Gasteiger partial charge in [-0.3, -0.25) is 4.98 Å². The number of aromatic nitrogens is 1. The second-order valence-corrected chi connectivity index (χ2v) is 6.32. The van der Waals surface area contributed by atoms with Crippen molar-refractivity contribution < 1.29 is 0 Å². The van der Waals surface area contributed by atoms with E-state index in [9.17, 15) is 0 Å². The molecule has 102 valence electrons. The van der Waals surface area contributed by atoms with Gasteiger partial charge in [-0.15, -0.1) is 0 Å². The number of hydrogen-bond donors (Lipinski definition) is 1. The smallest absolute Gasteiger partial charge is 0.0449 e. The zero-order chi connectivity index (χ0) is 13.5. The number of rotatable bonds is 7.